The van der Waals surface area contributed by atoms with Crippen LogP contribution in [-0.4, -0.2) is 11.6 Å². The predicted molar refractivity (Wildman–Crippen MR) is 71.5 cm³/mol. The van der Waals surface area contributed by atoms with Crippen molar-refractivity contribution >= 4 is 11.6 Å². The van der Waals surface area contributed by atoms with E-state index in [-0.39, 0.29) is 5.91 Å². The van der Waals surface area contributed by atoms with Crippen LogP contribution in [0.3, 0.4) is 0 Å². The third-order valence-corrected chi connectivity index (χ3v) is 3.20. The highest BCUT2D eigenvalue weighted by molar-refractivity contribution is 5.99. The van der Waals surface area contributed by atoms with Gasteiger partial charge in [0.05, 0.1) is 5.56 Å². The largest absolute Gasteiger partial charge is 0.467 e. The minimum atomic E-state index is -0.552. The quantitative estimate of drug-likeness (QED) is 0.805. The maximum atomic E-state index is 12.2. The van der Waals surface area contributed by atoms with E-state index in [9.17, 15) is 4.79 Å². The molecule has 18 heavy (non-hydrogen) atoms. The number of hydrogen-bond acceptors (Lipinski definition) is 3. The number of amides is 1. The van der Waals surface area contributed by atoms with Gasteiger partial charge in [0.2, 0.25) is 0 Å². The summed E-state index contributed by atoms with van der Waals surface area (Å²) in [5.74, 6) is 0.542. The molecule has 1 heterocycles. The van der Waals surface area contributed by atoms with E-state index in [1.165, 1.54) is 0 Å². The third kappa shape index (κ3) is 2.28. The van der Waals surface area contributed by atoms with Crippen LogP contribution >= 0.6 is 0 Å². The van der Waals surface area contributed by atoms with E-state index in [0.717, 1.165) is 25.7 Å². The molecule has 3 N–H and O–H groups in total. The molecule has 0 saturated heterocycles. The van der Waals surface area contributed by atoms with Gasteiger partial charge in [0, 0.05) is 18.5 Å². The molecule has 0 saturated carbocycles. The van der Waals surface area contributed by atoms with Crippen molar-refractivity contribution < 1.29 is 9.53 Å². The summed E-state index contributed by atoms with van der Waals surface area (Å²) in [5, 5.41) is 3.00. The van der Waals surface area contributed by atoms with Crippen LogP contribution < -0.4 is 15.8 Å². The molecule has 98 valence electrons. The maximum absolute atomic E-state index is 12.2. The Balaban J connectivity index is 2.36. The van der Waals surface area contributed by atoms with E-state index in [4.69, 9.17) is 10.5 Å². The lowest BCUT2D eigenvalue weighted by Gasteiger charge is -2.39. The van der Waals surface area contributed by atoms with Crippen molar-refractivity contribution in [1.29, 1.82) is 0 Å². The number of anilines is 1. The number of rotatable bonds is 4. The van der Waals surface area contributed by atoms with Gasteiger partial charge in [-0.05, 0) is 18.2 Å². The van der Waals surface area contributed by atoms with Crippen LogP contribution in [0.4, 0.5) is 5.69 Å². The molecule has 2 rings (SSSR count). The summed E-state index contributed by atoms with van der Waals surface area (Å²) in [6.45, 7) is 4.18. The summed E-state index contributed by atoms with van der Waals surface area (Å²) in [4.78, 5) is 12.2. The summed E-state index contributed by atoms with van der Waals surface area (Å²) in [6.07, 6.45) is 3.56. The smallest absolute Gasteiger partial charge is 0.258 e. The SMILES string of the molecule is CCCC1(CCC)NC(=O)c2cc(N)ccc2O1. The number of nitrogens with one attached hydrogen (secondary N) is 1. The van der Waals surface area contributed by atoms with Crippen molar-refractivity contribution in [1.82, 2.24) is 5.32 Å². The van der Waals surface area contributed by atoms with Crippen molar-refractivity contribution in [2.75, 3.05) is 5.73 Å². The topological polar surface area (TPSA) is 64.4 Å². The molecular formula is C14H20N2O2. The van der Waals surface area contributed by atoms with Crippen LogP contribution in [0, 0.1) is 0 Å². The Morgan fingerprint density at radius 2 is 1.94 bits per heavy atom. The second-order valence-corrected chi connectivity index (χ2v) is 4.81. The Morgan fingerprint density at radius 3 is 2.56 bits per heavy atom. The standard InChI is InChI=1S/C14H20N2O2/c1-3-7-14(8-4-2)16-13(17)11-9-10(15)5-6-12(11)18-14/h5-6,9H,3-4,7-8,15H2,1-2H3,(H,16,17). The van der Waals surface area contributed by atoms with E-state index in [0.29, 0.717) is 17.0 Å². The van der Waals surface area contributed by atoms with Gasteiger partial charge in [0.15, 0.2) is 5.72 Å². The molecule has 4 heteroatoms. The molecule has 1 amide bonds. The van der Waals surface area contributed by atoms with Crippen molar-refractivity contribution in [3.8, 4) is 5.75 Å². The zero-order valence-corrected chi connectivity index (χ0v) is 11.0. The monoisotopic (exact) mass is 248 g/mol. The number of ether oxygens (including phenoxy) is 1. The highest BCUT2D eigenvalue weighted by Gasteiger charge is 2.38. The molecule has 1 aliphatic heterocycles. The molecule has 0 bridgehead atoms. The molecule has 0 atom stereocenters. The van der Waals surface area contributed by atoms with E-state index in [1.807, 2.05) is 0 Å². The average molecular weight is 248 g/mol. The van der Waals surface area contributed by atoms with Gasteiger partial charge in [-0.3, -0.25) is 4.79 Å². The predicted octanol–water partition coefficient (Wildman–Crippen LogP) is 2.69. The lowest BCUT2D eigenvalue weighted by molar-refractivity contribution is 0.00464. The number of hydrogen-bond donors (Lipinski definition) is 2. The molecular weight excluding hydrogens is 228 g/mol. The molecule has 1 aliphatic rings. The second-order valence-electron chi connectivity index (χ2n) is 4.81. The highest BCUT2D eigenvalue weighted by atomic mass is 16.5. The molecule has 0 fully saturated rings. The first kappa shape index (κ1) is 12.7. The van der Waals surface area contributed by atoms with Crippen LogP contribution in [0.15, 0.2) is 18.2 Å². The van der Waals surface area contributed by atoms with Crippen LogP contribution in [0.1, 0.15) is 49.9 Å². The minimum Gasteiger partial charge on any atom is -0.467 e. The van der Waals surface area contributed by atoms with Gasteiger partial charge in [0.1, 0.15) is 5.75 Å². The highest BCUT2D eigenvalue weighted by Crippen LogP contribution is 2.33. The lowest BCUT2D eigenvalue weighted by Crippen LogP contribution is -2.55. The summed E-state index contributed by atoms with van der Waals surface area (Å²) in [5.41, 5.74) is 6.24. The molecule has 1 aromatic carbocycles. The van der Waals surface area contributed by atoms with Crippen LogP contribution in [-0.2, 0) is 0 Å². The fourth-order valence-electron chi connectivity index (χ4n) is 2.48. The van der Waals surface area contributed by atoms with E-state index >= 15 is 0 Å². The molecule has 0 radical (unpaired) electrons. The number of nitrogen functional groups attached to an aromatic ring is 1. The first-order valence-electron chi connectivity index (χ1n) is 6.51. The minimum absolute atomic E-state index is 0.0922. The Morgan fingerprint density at radius 1 is 1.28 bits per heavy atom. The number of benzene rings is 1. The normalized spacial score (nSPS) is 16.7. The van der Waals surface area contributed by atoms with Crippen molar-refractivity contribution in [3.63, 3.8) is 0 Å². The van der Waals surface area contributed by atoms with Gasteiger partial charge in [-0.15, -0.1) is 0 Å². The fraction of sp³-hybridized carbons (Fsp3) is 0.500. The molecule has 4 nitrogen and oxygen atoms in total. The molecule has 0 aromatic heterocycles. The van der Waals surface area contributed by atoms with Gasteiger partial charge in [0.25, 0.3) is 5.91 Å². The van der Waals surface area contributed by atoms with E-state index < -0.39 is 5.72 Å². The zero-order valence-electron chi connectivity index (χ0n) is 11.0. The van der Waals surface area contributed by atoms with Crippen molar-refractivity contribution in [2.45, 2.75) is 45.3 Å². The summed E-state index contributed by atoms with van der Waals surface area (Å²) in [6, 6.07) is 5.20. The average Bonchev–Trinajstić information content (AvgIpc) is 2.31. The lowest BCUT2D eigenvalue weighted by atomic mass is 9.98. The van der Waals surface area contributed by atoms with Gasteiger partial charge in [-0.1, -0.05) is 26.7 Å². The maximum Gasteiger partial charge on any atom is 0.258 e. The molecule has 1 aromatic rings. The Kier molecular flexibility index (Phi) is 3.45. The molecule has 0 aliphatic carbocycles. The Labute approximate surface area is 108 Å². The number of carbonyl (C=O) groups excluding carboxylic acids is 1. The Hall–Kier alpha value is -1.71. The molecule has 0 unspecified atom stereocenters. The fourth-order valence-corrected chi connectivity index (χ4v) is 2.48. The first-order chi connectivity index (χ1) is 8.60. The van der Waals surface area contributed by atoms with E-state index in [1.54, 1.807) is 18.2 Å². The zero-order chi connectivity index (χ0) is 13.2. The summed E-state index contributed by atoms with van der Waals surface area (Å²) >= 11 is 0. The summed E-state index contributed by atoms with van der Waals surface area (Å²) < 4.78 is 6.04. The van der Waals surface area contributed by atoms with Crippen LogP contribution in [0.5, 0.6) is 5.75 Å². The Bertz CT molecular complexity index is 451. The molecule has 0 spiro atoms. The van der Waals surface area contributed by atoms with E-state index in [2.05, 4.69) is 19.2 Å². The second kappa shape index (κ2) is 4.88. The van der Waals surface area contributed by atoms with Gasteiger partial charge < -0.3 is 15.8 Å². The van der Waals surface area contributed by atoms with Gasteiger partial charge >= 0.3 is 0 Å². The van der Waals surface area contributed by atoms with Gasteiger partial charge in [-0.2, -0.15) is 0 Å². The first-order valence-corrected chi connectivity index (χ1v) is 6.51. The van der Waals surface area contributed by atoms with Gasteiger partial charge in [-0.25, -0.2) is 0 Å². The number of nitrogens with two attached hydrogens (primary N) is 1. The van der Waals surface area contributed by atoms with Crippen molar-refractivity contribution in [2.24, 2.45) is 0 Å². The van der Waals surface area contributed by atoms with Crippen molar-refractivity contribution in [3.05, 3.63) is 23.8 Å². The van der Waals surface area contributed by atoms with Crippen LogP contribution in [0.25, 0.3) is 0 Å². The van der Waals surface area contributed by atoms with Crippen LogP contribution in [0.2, 0.25) is 0 Å². The summed E-state index contributed by atoms with van der Waals surface area (Å²) in [7, 11) is 0. The number of carbonyl (C=O) groups is 1. The third-order valence-electron chi connectivity index (χ3n) is 3.20. The number of fused-ring (bicyclic) bond motifs is 1.